The van der Waals surface area contributed by atoms with Gasteiger partial charge in [0.1, 0.15) is 5.69 Å². The fraction of sp³-hybridized carbons (Fsp3) is 0.346. The Balaban J connectivity index is 1.36. The average molecular weight is 480 g/mol. The summed E-state index contributed by atoms with van der Waals surface area (Å²) >= 11 is 7.89. The summed E-state index contributed by atoms with van der Waals surface area (Å²) in [6.45, 7) is 7.00. The Kier molecular flexibility index (Phi) is 5.75. The minimum Gasteiger partial charge on any atom is -0.350 e. The Bertz CT molecular complexity index is 1250. The maximum Gasteiger partial charge on any atom is 0.274 e. The number of nitrogens with zero attached hydrogens (tertiary/aromatic N) is 2. The molecule has 2 aromatic carbocycles. The molecule has 170 valence electrons. The van der Waals surface area contributed by atoms with Gasteiger partial charge in [-0.1, -0.05) is 53.6 Å². The lowest BCUT2D eigenvalue weighted by molar-refractivity contribution is 0.0690. The molecule has 1 saturated heterocycles. The Hall–Kier alpha value is -2.70. The van der Waals surface area contributed by atoms with Gasteiger partial charge in [-0.15, -0.1) is 11.3 Å². The second kappa shape index (κ2) is 8.58. The molecule has 5 nitrogen and oxygen atoms in total. The first kappa shape index (κ1) is 22.1. The van der Waals surface area contributed by atoms with Gasteiger partial charge in [-0.05, 0) is 56.2 Å². The van der Waals surface area contributed by atoms with E-state index in [1.54, 1.807) is 17.4 Å². The summed E-state index contributed by atoms with van der Waals surface area (Å²) in [6.07, 6.45) is 1.11. The summed E-state index contributed by atoms with van der Waals surface area (Å²) in [7, 11) is 0. The lowest BCUT2D eigenvalue weighted by Crippen LogP contribution is -2.45. The molecule has 1 saturated carbocycles. The van der Waals surface area contributed by atoms with Gasteiger partial charge in [0, 0.05) is 13.1 Å². The number of aromatic nitrogens is 1. The average Bonchev–Trinajstić information content (AvgIpc) is 3.30. The van der Waals surface area contributed by atoms with Crippen molar-refractivity contribution in [1.82, 2.24) is 15.2 Å². The van der Waals surface area contributed by atoms with E-state index >= 15 is 0 Å². The van der Waals surface area contributed by atoms with E-state index in [-0.39, 0.29) is 17.9 Å². The predicted octanol–water partition coefficient (Wildman–Crippen LogP) is 5.28. The summed E-state index contributed by atoms with van der Waals surface area (Å²) in [6, 6.07) is 13.6. The van der Waals surface area contributed by atoms with Crippen LogP contribution in [0.5, 0.6) is 0 Å². The molecule has 1 aliphatic carbocycles. The van der Waals surface area contributed by atoms with Crippen LogP contribution in [0, 0.1) is 32.6 Å². The molecule has 33 heavy (non-hydrogen) atoms. The highest BCUT2D eigenvalue weighted by Gasteiger charge is 2.54. The number of carbonyl (C=O) groups is 2. The van der Waals surface area contributed by atoms with Gasteiger partial charge < -0.3 is 10.2 Å². The molecule has 0 spiro atoms. The first-order chi connectivity index (χ1) is 15.8. The van der Waals surface area contributed by atoms with Crippen molar-refractivity contribution in [2.24, 2.45) is 11.8 Å². The third kappa shape index (κ3) is 4.18. The zero-order valence-electron chi connectivity index (χ0n) is 18.9. The molecule has 0 bridgehead atoms. The molecule has 2 fully saturated rings. The lowest BCUT2D eigenvalue weighted by Gasteiger charge is -2.27. The molecule has 3 atom stereocenters. The third-order valence-corrected chi connectivity index (χ3v) is 8.21. The van der Waals surface area contributed by atoms with Crippen LogP contribution in [-0.4, -0.2) is 40.8 Å². The second-order valence-electron chi connectivity index (χ2n) is 9.11. The van der Waals surface area contributed by atoms with Crippen molar-refractivity contribution in [1.29, 1.82) is 0 Å². The largest absolute Gasteiger partial charge is 0.350 e. The first-order valence-corrected chi connectivity index (χ1v) is 12.4. The first-order valence-electron chi connectivity index (χ1n) is 11.2. The van der Waals surface area contributed by atoms with Crippen molar-refractivity contribution in [2.75, 3.05) is 13.1 Å². The van der Waals surface area contributed by atoms with Crippen LogP contribution >= 0.6 is 22.9 Å². The Morgan fingerprint density at radius 2 is 1.97 bits per heavy atom. The zero-order valence-corrected chi connectivity index (χ0v) is 20.5. The molecular weight excluding hydrogens is 454 g/mol. The summed E-state index contributed by atoms with van der Waals surface area (Å²) in [5.41, 5.74) is 4.02. The van der Waals surface area contributed by atoms with Crippen molar-refractivity contribution in [2.45, 2.75) is 33.2 Å². The molecule has 2 amide bonds. The van der Waals surface area contributed by atoms with E-state index in [1.807, 2.05) is 56.0 Å². The summed E-state index contributed by atoms with van der Waals surface area (Å²) < 4.78 is 0. The summed E-state index contributed by atoms with van der Waals surface area (Å²) in [5, 5.41) is 4.37. The van der Waals surface area contributed by atoms with Gasteiger partial charge in [0.05, 0.1) is 26.5 Å². The minimum atomic E-state index is -0.204. The van der Waals surface area contributed by atoms with E-state index in [2.05, 4.69) is 16.4 Å². The fourth-order valence-corrected chi connectivity index (χ4v) is 5.99. The van der Waals surface area contributed by atoms with E-state index in [4.69, 9.17) is 11.6 Å². The van der Waals surface area contributed by atoms with Crippen LogP contribution in [-0.2, 0) is 0 Å². The van der Waals surface area contributed by atoms with Crippen molar-refractivity contribution in [3.05, 3.63) is 74.9 Å². The summed E-state index contributed by atoms with van der Waals surface area (Å²) in [5.74, 6) is 0.700. The molecule has 1 aromatic heterocycles. The van der Waals surface area contributed by atoms with E-state index < -0.39 is 0 Å². The smallest absolute Gasteiger partial charge is 0.274 e. The molecule has 1 N–H and O–H groups in total. The lowest BCUT2D eigenvalue weighted by atomic mass is 10.1. The van der Waals surface area contributed by atoms with E-state index in [0.717, 1.165) is 39.5 Å². The maximum absolute atomic E-state index is 13.7. The van der Waals surface area contributed by atoms with Crippen LogP contribution < -0.4 is 5.32 Å². The van der Waals surface area contributed by atoms with Crippen molar-refractivity contribution in [3.63, 3.8) is 0 Å². The monoisotopic (exact) mass is 479 g/mol. The van der Waals surface area contributed by atoms with Crippen molar-refractivity contribution < 1.29 is 9.59 Å². The Labute approximate surface area is 202 Å². The number of halogens is 1. The van der Waals surface area contributed by atoms with E-state index in [0.29, 0.717) is 34.7 Å². The van der Waals surface area contributed by atoms with Gasteiger partial charge in [0.2, 0.25) is 0 Å². The van der Waals surface area contributed by atoms with Gasteiger partial charge in [0.15, 0.2) is 0 Å². The van der Waals surface area contributed by atoms with Crippen molar-refractivity contribution in [3.8, 4) is 10.4 Å². The number of thiazole rings is 1. The molecule has 2 aliphatic rings. The number of hydrogen-bond acceptors (Lipinski definition) is 4. The molecular formula is C26H26ClN3O2S. The van der Waals surface area contributed by atoms with Crippen LogP contribution in [0.1, 0.15) is 43.4 Å². The number of nitrogens with one attached hydrogen (secondary N) is 1. The second-order valence-corrected chi connectivity index (χ2v) is 10.7. The zero-order chi connectivity index (χ0) is 23.3. The topological polar surface area (TPSA) is 62.3 Å². The molecule has 0 radical (unpaired) electrons. The fourth-order valence-electron chi connectivity index (χ4n) is 4.87. The van der Waals surface area contributed by atoms with Crippen LogP contribution in [0.2, 0.25) is 5.02 Å². The Morgan fingerprint density at radius 1 is 1.18 bits per heavy atom. The van der Waals surface area contributed by atoms with E-state index in [1.165, 1.54) is 0 Å². The number of rotatable bonds is 5. The molecule has 5 rings (SSSR count). The van der Waals surface area contributed by atoms with Crippen LogP contribution in [0.15, 0.2) is 42.5 Å². The van der Waals surface area contributed by atoms with Gasteiger partial charge in [0.25, 0.3) is 11.8 Å². The van der Waals surface area contributed by atoms with Gasteiger partial charge in [-0.3, -0.25) is 9.59 Å². The number of hydrogen-bond donors (Lipinski definition) is 1. The quantitative estimate of drug-likeness (QED) is 0.541. The molecule has 2 heterocycles. The number of likely N-dealkylation sites (tertiary alicyclic amines) is 1. The van der Waals surface area contributed by atoms with Gasteiger partial charge in [-0.2, -0.15) is 0 Å². The number of fused-ring (bicyclic) bond motifs is 1. The number of aryl methyl sites for hydroxylation is 3. The molecule has 0 unspecified atom stereocenters. The van der Waals surface area contributed by atoms with Gasteiger partial charge in [-0.25, -0.2) is 4.98 Å². The van der Waals surface area contributed by atoms with Crippen molar-refractivity contribution >= 4 is 34.8 Å². The third-order valence-electron chi connectivity index (χ3n) is 6.69. The standard InChI is InChI=1S/C26H26ClN3O2S/c1-14-6-4-8-17(10-14)24-23(29-16(3)33-24)26(32)30-13-18-11-20(18)21(30)12-28-25(31)19-9-5-7-15(2)22(19)27/h4-10,18,20-21H,11-13H2,1-3H3,(H,28,31)/t18-,20-,21-/m1/s1. The highest BCUT2D eigenvalue weighted by molar-refractivity contribution is 7.15. The number of carbonyl (C=O) groups excluding carboxylic acids is 2. The highest BCUT2D eigenvalue weighted by Crippen LogP contribution is 2.50. The molecule has 1 aliphatic heterocycles. The van der Waals surface area contributed by atoms with E-state index in [9.17, 15) is 9.59 Å². The molecule has 7 heteroatoms. The molecule has 3 aromatic rings. The van der Waals surface area contributed by atoms with Crippen LogP contribution in [0.4, 0.5) is 0 Å². The minimum absolute atomic E-state index is 0.0256. The van der Waals surface area contributed by atoms with Gasteiger partial charge >= 0.3 is 0 Å². The maximum atomic E-state index is 13.7. The number of piperidine rings is 1. The normalized spacial score (nSPS) is 21.1. The number of benzene rings is 2. The predicted molar refractivity (Wildman–Crippen MR) is 132 cm³/mol. The SMILES string of the molecule is Cc1cccc(-c2sc(C)nc2C(=O)N2C[C@H]3C[C@H]3[C@H]2CNC(=O)c2cccc(C)c2Cl)c1. The van der Waals surface area contributed by atoms with Crippen LogP contribution in [0.25, 0.3) is 10.4 Å². The number of amides is 2. The highest BCUT2D eigenvalue weighted by atomic mass is 35.5. The summed E-state index contributed by atoms with van der Waals surface area (Å²) in [4.78, 5) is 33.9. The van der Waals surface area contributed by atoms with Crippen LogP contribution in [0.3, 0.4) is 0 Å². The Morgan fingerprint density at radius 3 is 2.76 bits per heavy atom.